The van der Waals surface area contributed by atoms with Crippen LogP contribution in [-0.4, -0.2) is 51.9 Å². The van der Waals surface area contributed by atoms with Gasteiger partial charge in [0, 0.05) is 31.0 Å². The van der Waals surface area contributed by atoms with Gasteiger partial charge in [0.05, 0.1) is 30.4 Å². The summed E-state index contributed by atoms with van der Waals surface area (Å²) in [4.78, 5) is 24.2. The highest BCUT2D eigenvalue weighted by atomic mass is 16.5. The van der Waals surface area contributed by atoms with Crippen molar-refractivity contribution in [2.24, 2.45) is 0 Å². The van der Waals surface area contributed by atoms with Crippen LogP contribution in [0.15, 0.2) is 30.5 Å². The maximum Gasteiger partial charge on any atom is 0.319 e. The third-order valence-electron chi connectivity index (χ3n) is 6.23. The van der Waals surface area contributed by atoms with Gasteiger partial charge in [-0.05, 0) is 39.2 Å². The Morgan fingerprint density at radius 2 is 2.13 bits per heavy atom. The lowest BCUT2D eigenvalue weighted by atomic mass is 9.97. The summed E-state index contributed by atoms with van der Waals surface area (Å²) in [5, 5.41) is 16.3. The summed E-state index contributed by atoms with van der Waals surface area (Å²) in [7, 11) is 0. The number of aliphatic hydroxyl groups is 1. The molecule has 8 nitrogen and oxygen atoms in total. The molecule has 0 bridgehead atoms. The lowest BCUT2D eigenvalue weighted by Crippen LogP contribution is -2.47. The Labute approximate surface area is 183 Å². The van der Waals surface area contributed by atoms with Gasteiger partial charge in [0.25, 0.3) is 0 Å². The zero-order valence-electron chi connectivity index (χ0n) is 18.4. The van der Waals surface area contributed by atoms with Crippen LogP contribution in [0.4, 0.5) is 10.7 Å². The molecule has 1 fully saturated rings. The van der Waals surface area contributed by atoms with Gasteiger partial charge in [0.1, 0.15) is 0 Å². The number of aryl methyl sites for hydroxylation is 1. The number of carbonyl (C=O) groups is 1. The van der Waals surface area contributed by atoms with Crippen LogP contribution in [-0.2, 0) is 16.8 Å². The molecule has 31 heavy (non-hydrogen) atoms. The van der Waals surface area contributed by atoms with Gasteiger partial charge in [0.15, 0.2) is 0 Å². The summed E-state index contributed by atoms with van der Waals surface area (Å²) in [5.74, 6) is 0.594. The fourth-order valence-electron chi connectivity index (χ4n) is 4.31. The number of anilines is 1. The summed E-state index contributed by atoms with van der Waals surface area (Å²) < 4.78 is 5.41. The predicted octanol–water partition coefficient (Wildman–Crippen LogP) is 2.87. The van der Waals surface area contributed by atoms with E-state index in [0.29, 0.717) is 18.5 Å². The number of benzene rings is 1. The van der Waals surface area contributed by atoms with Crippen LogP contribution in [0.1, 0.15) is 55.1 Å². The molecule has 0 spiro atoms. The first-order valence-corrected chi connectivity index (χ1v) is 10.8. The number of fused-ring (bicyclic) bond motifs is 1. The van der Waals surface area contributed by atoms with E-state index < -0.39 is 11.6 Å². The van der Waals surface area contributed by atoms with Crippen LogP contribution in [0.3, 0.4) is 0 Å². The molecule has 1 saturated heterocycles. The van der Waals surface area contributed by atoms with Gasteiger partial charge in [-0.15, -0.1) is 0 Å². The smallest absolute Gasteiger partial charge is 0.319 e. The van der Waals surface area contributed by atoms with E-state index in [0.717, 1.165) is 48.4 Å². The van der Waals surface area contributed by atoms with E-state index in [4.69, 9.17) is 9.72 Å². The molecule has 0 radical (unpaired) electrons. The number of carbonyl (C=O) groups excluding carboxylic acids is 1. The van der Waals surface area contributed by atoms with Crippen LogP contribution in [0.2, 0.25) is 0 Å². The molecule has 0 unspecified atom stereocenters. The molecule has 2 aliphatic heterocycles. The number of urea groups is 1. The van der Waals surface area contributed by atoms with Crippen molar-refractivity contribution < 1.29 is 14.6 Å². The Balaban J connectivity index is 1.48. The zero-order chi connectivity index (χ0) is 22.0. The molecular formula is C23H31N5O3. The first-order chi connectivity index (χ1) is 14.9. The second kappa shape index (κ2) is 8.80. The highest BCUT2D eigenvalue weighted by Gasteiger charge is 2.42. The highest BCUT2D eigenvalue weighted by Crippen LogP contribution is 2.38. The van der Waals surface area contributed by atoms with Gasteiger partial charge in [-0.3, -0.25) is 0 Å². The van der Waals surface area contributed by atoms with E-state index in [2.05, 4.69) is 15.6 Å². The molecule has 1 aromatic carbocycles. The van der Waals surface area contributed by atoms with Gasteiger partial charge in [-0.25, -0.2) is 14.8 Å². The van der Waals surface area contributed by atoms with Crippen molar-refractivity contribution in [2.45, 2.75) is 57.8 Å². The standard InChI is InChI=1S/C23H31N5O3/c1-15-5-4-6-16(11-15)20(14-29)27-22(30)28-13-19-18(23(28,2)3)12-24-21(26-19)25-17-7-9-31-10-8-17/h4-6,11-12,17,20,29H,7-10,13-14H2,1-3H3,(H,27,30)(H,24,25,26)/t20-/m1/s1. The molecule has 3 N–H and O–H groups in total. The quantitative estimate of drug-likeness (QED) is 0.681. The molecule has 4 rings (SSSR count). The molecule has 3 heterocycles. The van der Waals surface area contributed by atoms with Crippen molar-refractivity contribution in [3.8, 4) is 0 Å². The minimum absolute atomic E-state index is 0.171. The molecule has 1 aromatic heterocycles. The third kappa shape index (κ3) is 4.50. The van der Waals surface area contributed by atoms with Crippen molar-refractivity contribution in [1.82, 2.24) is 20.2 Å². The normalized spacial score (nSPS) is 19.0. The average Bonchev–Trinajstić information content (AvgIpc) is 3.02. The number of aliphatic hydroxyl groups excluding tert-OH is 1. The van der Waals surface area contributed by atoms with E-state index in [1.165, 1.54) is 0 Å². The van der Waals surface area contributed by atoms with E-state index in [1.807, 2.05) is 51.2 Å². The van der Waals surface area contributed by atoms with Gasteiger partial charge in [-0.2, -0.15) is 0 Å². The summed E-state index contributed by atoms with van der Waals surface area (Å²) in [5.41, 5.74) is 3.20. The van der Waals surface area contributed by atoms with E-state index >= 15 is 0 Å². The highest BCUT2D eigenvalue weighted by molar-refractivity contribution is 5.77. The number of nitrogens with zero attached hydrogens (tertiary/aromatic N) is 3. The Hall–Kier alpha value is -2.71. The molecule has 0 saturated carbocycles. The van der Waals surface area contributed by atoms with Crippen molar-refractivity contribution in [1.29, 1.82) is 0 Å². The number of aromatic nitrogens is 2. The number of nitrogens with one attached hydrogen (secondary N) is 2. The molecule has 8 heteroatoms. The monoisotopic (exact) mass is 425 g/mol. The number of amides is 2. The molecule has 2 amide bonds. The Morgan fingerprint density at radius 3 is 2.84 bits per heavy atom. The minimum atomic E-state index is -0.552. The van der Waals surface area contributed by atoms with Crippen LogP contribution in [0.25, 0.3) is 0 Å². The van der Waals surface area contributed by atoms with Crippen molar-refractivity contribution in [3.63, 3.8) is 0 Å². The predicted molar refractivity (Wildman–Crippen MR) is 118 cm³/mol. The zero-order valence-corrected chi connectivity index (χ0v) is 18.4. The number of hydrogen-bond acceptors (Lipinski definition) is 6. The van der Waals surface area contributed by atoms with Crippen molar-refractivity contribution >= 4 is 12.0 Å². The summed E-state index contributed by atoms with van der Waals surface area (Å²) in [6, 6.07) is 7.41. The topological polar surface area (TPSA) is 99.6 Å². The van der Waals surface area contributed by atoms with Crippen LogP contribution in [0.5, 0.6) is 0 Å². The van der Waals surface area contributed by atoms with E-state index in [1.54, 1.807) is 4.90 Å². The van der Waals surface area contributed by atoms with Gasteiger partial charge < -0.3 is 25.4 Å². The summed E-state index contributed by atoms with van der Waals surface area (Å²) in [6.07, 6.45) is 3.69. The average molecular weight is 426 g/mol. The number of hydrogen-bond donors (Lipinski definition) is 3. The third-order valence-corrected chi connectivity index (χ3v) is 6.23. The molecule has 1 atom stereocenters. The number of rotatable bonds is 5. The fourth-order valence-corrected chi connectivity index (χ4v) is 4.31. The molecule has 166 valence electrons. The van der Waals surface area contributed by atoms with E-state index in [9.17, 15) is 9.90 Å². The maximum atomic E-state index is 13.2. The van der Waals surface area contributed by atoms with Crippen LogP contribution < -0.4 is 10.6 Å². The molecule has 2 aromatic rings. The van der Waals surface area contributed by atoms with Gasteiger partial charge in [-0.1, -0.05) is 29.8 Å². The maximum absolute atomic E-state index is 13.2. The largest absolute Gasteiger partial charge is 0.394 e. The second-order valence-electron chi connectivity index (χ2n) is 8.83. The van der Waals surface area contributed by atoms with E-state index in [-0.39, 0.29) is 12.6 Å². The first kappa shape index (κ1) is 21.5. The SMILES string of the molecule is Cc1cccc([C@@H](CO)NC(=O)N2Cc3nc(NC4CCOCC4)ncc3C2(C)C)c1. The summed E-state index contributed by atoms with van der Waals surface area (Å²) in [6.45, 7) is 7.69. The van der Waals surface area contributed by atoms with Crippen LogP contribution >= 0.6 is 0 Å². The number of ether oxygens (including phenoxy) is 1. The minimum Gasteiger partial charge on any atom is -0.394 e. The van der Waals surface area contributed by atoms with Crippen molar-refractivity contribution in [2.75, 3.05) is 25.1 Å². The Bertz CT molecular complexity index is 943. The Morgan fingerprint density at radius 1 is 1.35 bits per heavy atom. The van der Waals surface area contributed by atoms with Gasteiger partial charge >= 0.3 is 6.03 Å². The lowest BCUT2D eigenvalue weighted by molar-refractivity contribution is 0.0903. The molecule has 0 aliphatic carbocycles. The molecule has 2 aliphatic rings. The molecular weight excluding hydrogens is 394 g/mol. The fraction of sp³-hybridized carbons (Fsp3) is 0.522. The summed E-state index contributed by atoms with van der Waals surface area (Å²) >= 11 is 0. The lowest BCUT2D eigenvalue weighted by Gasteiger charge is -2.33. The van der Waals surface area contributed by atoms with Gasteiger partial charge in [0.2, 0.25) is 5.95 Å². The van der Waals surface area contributed by atoms with Crippen LogP contribution in [0, 0.1) is 6.92 Å². The first-order valence-electron chi connectivity index (χ1n) is 10.8. The second-order valence-corrected chi connectivity index (χ2v) is 8.83. The van der Waals surface area contributed by atoms with Crippen molar-refractivity contribution in [3.05, 3.63) is 52.8 Å². The Kier molecular flexibility index (Phi) is 6.11.